The number of nitrogens with two attached hydrogens (primary N) is 2. The average molecular weight is 222 g/mol. The van der Waals surface area contributed by atoms with E-state index in [0.29, 0.717) is 19.8 Å². The van der Waals surface area contributed by atoms with E-state index in [1.807, 2.05) is 24.3 Å². The first-order chi connectivity index (χ1) is 7.72. The third kappa shape index (κ3) is 1.80. The normalized spacial score (nSPS) is 19.9. The Labute approximate surface area is 95.5 Å². The Balaban J connectivity index is 2.22. The van der Waals surface area contributed by atoms with Crippen molar-refractivity contribution in [3.63, 3.8) is 0 Å². The fourth-order valence-corrected chi connectivity index (χ4v) is 1.98. The molecule has 2 rings (SSSR count). The Kier molecular flexibility index (Phi) is 3.14. The highest BCUT2D eigenvalue weighted by Gasteiger charge is 2.43. The zero-order valence-corrected chi connectivity index (χ0v) is 9.48. The van der Waals surface area contributed by atoms with Crippen LogP contribution in [0.5, 0.6) is 5.75 Å². The Morgan fingerprint density at radius 3 is 2.75 bits per heavy atom. The van der Waals surface area contributed by atoms with Crippen molar-refractivity contribution in [3.05, 3.63) is 29.8 Å². The molecule has 1 aliphatic rings. The molecular formula is C12H18N2O2. The van der Waals surface area contributed by atoms with Crippen LogP contribution < -0.4 is 16.2 Å². The molecule has 0 spiro atoms. The number of rotatable bonds is 4. The summed E-state index contributed by atoms with van der Waals surface area (Å²) in [6.07, 6.45) is 0. The summed E-state index contributed by atoms with van der Waals surface area (Å²) in [6.45, 7) is 1.83. The highest BCUT2D eigenvalue weighted by molar-refractivity contribution is 5.32. The van der Waals surface area contributed by atoms with Crippen LogP contribution >= 0.6 is 0 Å². The molecule has 0 aliphatic carbocycles. The van der Waals surface area contributed by atoms with Gasteiger partial charge in [0.1, 0.15) is 5.75 Å². The van der Waals surface area contributed by atoms with Gasteiger partial charge in [-0.25, -0.2) is 0 Å². The summed E-state index contributed by atoms with van der Waals surface area (Å²) in [5.41, 5.74) is 13.0. The van der Waals surface area contributed by atoms with Crippen LogP contribution in [-0.4, -0.2) is 26.9 Å². The number of ether oxygens (including phenoxy) is 2. The fourth-order valence-electron chi connectivity index (χ4n) is 1.98. The topological polar surface area (TPSA) is 70.5 Å². The predicted molar refractivity (Wildman–Crippen MR) is 62.2 cm³/mol. The second-order valence-corrected chi connectivity index (χ2v) is 4.31. The number of hydrogen-bond acceptors (Lipinski definition) is 4. The third-order valence-corrected chi connectivity index (χ3v) is 3.30. The Morgan fingerprint density at radius 1 is 1.50 bits per heavy atom. The highest BCUT2D eigenvalue weighted by Crippen LogP contribution is 2.38. The maximum Gasteiger partial charge on any atom is 0.119 e. The predicted octanol–water partition coefficient (Wildman–Crippen LogP) is 0.670. The zero-order chi connectivity index (χ0) is 11.6. The summed E-state index contributed by atoms with van der Waals surface area (Å²) in [4.78, 5) is 0. The van der Waals surface area contributed by atoms with E-state index in [1.54, 1.807) is 7.11 Å². The molecule has 0 saturated carbocycles. The van der Waals surface area contributed by atoms with Gasteiger partial charge >= 0.3 is 0 Å². The molecule has 0 amide bonds. The van der Waals surface area contributed by atoms with Crippen molar-refractivity contribution in [2.75, 3.05) is 26.9 Å². The summed E-state index contributed by atoms with van der Waals surface area (Å²) in [5, 5.41) is 0. The summed E-state index contributed by atoms with van der Waals surface area (Å²) >= 11 is 0. The van der Waals surface area contributed by atoms with Crippen LogP contribution in [0.1, 0.15) is 11.6 Å². The van der Waals surface area contributed by atoms with Gasteiger partial charge in [0, 0.05) is 18.0 Å². The lowest BCUT2D eigenvalue weighted by Crippen LogP contribution is -2.54. The Hall–Kier alpha value is -1.10. The highest BCUT2D eigenvalue weighted by atomic mass is 16.5. The van der Waals surface area contributed by atoms with E-state index in [9.17, 15) is 0 Å². The minimum atomic E-state index is -0.105. The molecule has 0 bridgehead atoms. The van der Waals surface area contributed by atoms with E-state index in [0.717, 1.165) is 11.3 Å². The third-order valence-electron chi connectivity index (χ3n) is 3.30. The van der Waals surface area contributed by atoms with Gasteiger partial charge in [0.25, 0.3) is 0 Å². The molecule has 0 radical (unpaired) electrons. The summed E-state index contributed by atoms with van der Waals surface area (Å²) in [5.74, 6) is 0.820. The van der Waals surface area contributed by atoms with Crippen LogP contribution in [0.15, 0.2) is 24.3 Å². The second-order valence-electron chi connectivity index (χ2n) is 4.31. The fraction of sp³-hybridized carbons (Fsp3) is 0.500. The molecule has 16 heavy (non-hydrogen) atoms. The summed E-state index contributed by atoms with van der Waals surface area (Å²) < 4.78 is 10.4. The van der Waals surface area contributed by atoms with Gasteiger partial charge < -0.3 is 20.9 Å². The maximum absolute atomic E-state index is 6.25. The van der Waals surface area contributed by atoms with Gasteiger partial charge in [-0.1, -0.05) is 12.1 Å². The lowest BCUT2D eigenvalue weighted by atomic mass is 9.76. The number of methoxy groups -OCH3 is 1. The first-order valence-corrected chi connectivity index (χ1v) is 5.39. The van der Waals surface area contributed by atoms with Gasteiger partial charge in [-0.05, 0) is 17.7 Å². The second kappa shape index (κ2) is 4.41. The van der Waals surface area contributed by atoms with E-state index in [1.165, 1.54) is 0 Å². The molecule has 4 N–H and O–H groups in total. The molecule has 1 heterocycles. The van der Waals surface area contributed by atoms with Gasteiger partial charge in [-0.2, -0.15) is 0 Å². The lowest BCUT2D eigenvalue weighted by Gasteiger charge is -2.45. The molecule has 4 heteroatoms. The molecule has 1 aromatic rings. The minimum Gasteiger partial charge on any atom is -0.497 e. The molecule has 1 saturated heterocycles. The quantitative estimate of drug-likeness (QED) is 0.785. The molecule has 0 aromatic heterocycles. The van der Waals surface area contributed by atoms with Crippen molar-refractivity contribution in [1.29, 1.82) is 0 Å². The van der Waals surface area contributed by atoms with Crippen molar-refractivity contribution in [2.24, 2.45) is 16.9 Å². The summed E-state index contributed by atoms with van der Waals surface area (Å²) in [7, 11) is 1.65. The largest absolute Gasteiger partial charge is 0.497 e. The van der Waals surface area contributed by atoms with E-state index in [2.05, 4.69) is 0 Å². The monoisotopic (exact) mass is 222 g/mol. The van der Waals surface area contributed by atoms with E-state index in [-0.39, 0.29) is 11.5 Å². The van der Waals surface area contributed by atoms with Crippen molar-refractivity contribution >= 4 is 0 Å². The first kappa shape index (κ1) is 11.4. The van der Waals surface area contributed by atoms with Gasteiger partial charge in [-0.15, -0.1) is 0 Å². The van der Waals surface area contributed by atoms with E-state index in [4.69, 9.17) is 20.9 Å². The molecule has 1 unspecified atom stereocenters. The molecule has 1 atom stereocenters. The summed E-state index contributed by atoms with van der Waals surface area (Å²) in [6, 6.07) is 7.71. The van der Waals surface area contributed by atoms with Crippen LogP contribution in [0.3, 0.4) is 0 Å². The van der Waals surface area contributed by atoms with Gasteiger partial charge in [-0.3, -0.25) is 0 Å². The number of benzene rings is 1. The molecule has 1 fully saturated rings. The van der Waals surface area contributed by atoms with Crippen molar-refractivity contribution in [2.45, 2.75) is 6.04 Å². The standard InChI is InChI=1S/C12H18N2O2/c1-15-10-4-2-3-9(5-10)11(14)12(6-13)7-16-8-12/h2-5,11H,6-8,13-14H2,1H3. The van der Waals surface area contributed by atoms with Crippen LogP contribution in [0, 0.1) is 5.41 Å². The Bertz CT molecular complexity index is 358. The molecule has 1 aliphatic heterocycles. The maximum atomic E-state index is 6.25. The lowest BCUT2D eigenvalue weighted by molar-refractivity contribution is -0.121. The van der Waals surface area contributed by atoms with E-state index < -0.39 is 0 Å². The minimum absolute atomic E-state index is 0.0960. The smallest absolute Gasteiger partial charge is 0.119 e. The van der Waals surface area contributed by atoms with Crippen LogP contribution in [0.4, 0.5) is 0 Å². The van der Waals surface area contributed by atoms with Gasteiger partial charge in [0.15, 0.2) is 0 Å². The van der Waals surface area contributed by atoms with Crippen LogP contribution in [0.25, 0.3) is 0 Å². The van der Waals surface area contributed by atoms with Crippen molar-refractivity contribution in [1.82, 2.24) is 0 Å². The van der Waals surface area contributed by atoms with Crippen LogP contribution in [0.2, 0.25) is 0 Å². The molecule has 1 aromatic carbocycles. The number of hydrogen-bond donors (Lipinski definition) is 2. The van der Waals surface area contributed by atoms with Gasteiger partial charge in [0.05, 0.1) is 20.3 Å². The zero-order valence-electron chi connectivity index (χ0n) is 9.48. The molecule has 88 valence electrons. The molecule has 4 nitrogen and oxygen atoms in total. The van der Waals surface area contributed by atoms with Crippen molar-refractivity contribution in [3.8, 4) is 5.75 Å². The van der Waals surface area contributed by atoms with Gasteiger partial charge in [0.2, 0.25) is 0 Å². The average Bonchev–Trinajstić information content (AvgIpc) is 2.28. The first-order valence-electron chi connectivity index (χ1n) is 5.39. The van der Waals surface area contributed by atoms with E-state index >= 15 is 0 Å². The Morgan fingerprint density at radius 2 is 2.25 bits per heavy atom. The molecular weight excluding hydrogens is 204 g/mol. The SMILES string of the molecule is COc1cccc(C(N)C2(CN)COC2)c1. The van der Waals surface area contributed by atoms with Crippen LogP contribution in [-0.2, 0) is 4.74 Å². The van der Waals surface area contributed by atoms with Crippen molar-refractivity contribution < 1.29 is 9.47 Å².